The van der Waals surface area contributed by atoms with Crippen molar-refractivity contribution in [2.45, 2.75) is 64.8 Å². The van der Waals surface area contributed by atoms with E-state index in [2.05, 4.69) is 75.6 Å². The van der Waals surface area contributed by atoms with Crippen LogP contribution in [-0.4, -0.2) is 16.1 Å². The summed E-state index contributed by atoms with van der Waals surface area (Å²) in [5.41, 5.74) is 7.88. The minimum Gasteiger partial charge on any atom is -0.0656 e. The molecule has 2 bridgehead atoms. The van der Waals surface area contributed by atoms with Gasteiger partial charge in [-0.1, -0.05) is 99.2 Å². The predicted octanol–water partition coefficient (Wildman–Crippen LogP) is 6.27. The maximum Gasteiger partial charge on any atom is 0.113 e. The van der Waals surface area contributed by atoms with Gasteiger partial charge in [0.25, 0.3) is 0 Å². The van der Waals surface area contributed by atoms with E-state index in [4.69, 9.17) is 0 Å². The van der Waals surface area contributed by atoms with Gasteiger partial charge >= 0.3 is 0 Å². The molecule has 2 heteroatoms. The molecule has 0 saturated heterocycles. The summed E-state index contributed by atoms with van der Waals surface area (Å²) >= 11 is 0. The van der Waals surface area contributed by atoms with Crippen LogP contribution in [0.3, 0.4) is 0 Å². The summed E-state index contributed by atoms with van der Waals surface area (Å²) in [5.74, 6) is 0.810. The lowest BCUT2D eigenvalue weighted by atomic mass is 9.83. The molecule has 0 atom stereocenters. The number of fused-ring (bicyclic) bond motifs is 1. The standard InChI is InChI=1S/C26H33Si2/c1-27(2,3)21-14-11-19(12-15-21)24-23-16-13-20-17-22(18-9-7-6-8-10-18)26(25(20)24)28(23,4)5/h11-18H,6-10H2,1-5H3. The van der Waals surface area contributed by atoms with Gasteiger partial charge in [-0.15, -0.1) is 0 Å². The van der Waals surface area contributed by atoms with Crippen molar-refractivity contribution in [3.05, 3.63) is 59.5 Å². The molecule has 1 aliphatic heterocycles. The highest BCUT2D eigenvalue weighted by atomic mass is 28.3. The maximum absolute atomic E-state index is 2.59. The maximum atomic E-state index is 2.59. The summed E-state index contributed by atoms with van der Waals surface area (Å²) in [6, 6.07) is 14.5. The third-order valence-electron chi connectivity index (χ3n) is 7.47. The fourth-order valence-corrected chi connectivity index (χ4v) is 10.6. The number of benzene rings is 2. The normalized spacial score (nSPS) is 20.9. The van der Waals surface area contributed by atoms with Crippen LogP contribution in [0.5, 0.6) is 0 Å². The number of rotatable bonds is 3. The second-order valence-electron chi connectivity index (χ2n) is 10.7. The molecule has 1 fully saturated rings. The fraction of sp³-hybridized carbons (Fsp3) is 0.423. The summed E-state index contributed by atoms with van der Waals surface area (Å²) in [6.07, 6.45) is 9.66. The van der Waals surface area contributed by atoms with Crippen molar-refractivity contribution in [3.8, 4) is 11.1 Å². The first kappa shape index (κ1) is 18.6. The molecule has 0 aromatic heterocycles. The Hall–Kier alpha value is -1.39. The Labute approximate surface area is 173 Å². The molecule has 2 aromatic carbocycles. The van der Waals surface area contributed by atoms with E-state index in [0.29, 0.717) is 0 Å². The first-order valence-corrected chi connectivity index (χ1v) is 17.7. The summed E-state index contributed by atoms with van der Waals surface area (Å²) in [7, 11) is -2.86. The molecular formula is C26H33Si2. The highest BCUT2D eigenvalue weighted by Gasteiger charge is 2.46. The Morgan fingerprint density at radius 3 is 2.14 bits per heavy atom. The highest BCUT2D eigenvalue weighted by Crippen LogP contribution is 2.53. The van der Waals surface area contributed by atoms with E-state index in [-0.39, 0.29) is 0 Å². The van der Waals surface area contributed by atoms with Crippen molar-refractivity contribution in [1.82, 2.24) is 0 Å². The number of hydrogen-bond acceptors (Lipinski definition) is 0. The minimum atomic E-state index is -1.61. The van der Waals surface area contributed by atoms with Crippen LogP contribution in [0.15, 0.2) is 42.0 Å². The summed E-state index contributed by atoms with van der Waals surface area (Å²) < 4.78 is 0. The third-order valence-corrected chi connectivity index (χ3v) is 13.1. The largest absolute Gasteiger partial charge is 0.113 e. The third kappa shape index (κ3) is 2.68. The van der Waals surface area contributed by atoms with Gasteiger partial charge in [-0.05, 0) is 51.4 Å². The van der Waals surface area contributed by atoms with Crippen molar-refractivity contribution >= 4 is 31.7 Å². The topological polar surface area (TPSA) is 0 Å². The van der Waals surface area contributed by atoms with Gasteiger partial charge < -0.3 is 0 Å². The Balaban J connectivity index is 1.65. The van der Waals surface area contributed by atoms with Crippen LogP contribution in [0, 0.1) is 12.3 Å². The lowest BCUT2D eigenvalue weighted by Crippen LogP contribution is -2.40. The van der Waals surface area contributed by atoms with Gasteiger partial charge in [0.15, 0.2) is 0 Å². The zero-order chi connectivity index (χ0) is 19.7. The van der Waals surface area contributed by atoms with Crippen molar-refractivity contribution in [2.75, 3.05) is 0 Å². The molecule has 0 amide bonds. The number of hydrogen-bond donors (Lipinski definition) is 0. The summed E-state index contributed by atoms with van der Waals surface area (Å²) in [4.78, 5) is 0. The van der Waals surface area contributed by atoms with Crippen LogP contribution in [-0.2, 0) is 0 Å². The van der Waals surface area contributed by atoms with Crippen molar-refractivity contribution < 1.29 is 0 Å². The van der Waals surface area contributed by atoms with Crippen molar-refractivity contribution in [2.24, 2.45) is 5.92 Å². The smallest absolute Gasteiger partial charge is 0.0656 e. The van der Waals surface area contributed by atoms with Crippen LogP contribution in [0.4, 0.5) is 0 Å². The number of allylic oxidation sites excluding steroid dienone is 1. The molecule has 5 rings (SSSR count). The van der Waals surface area contributed by atoms with E-state index in [0.717, 1.165) is 5.92 Å². The molecule has 28 heavy (non-hydrogen) atoms. The quantitative estimate of drug-likeness (QED) is 0.532. The predicted molar refractivity (Wildman–Crippen MR) is 129 cm³/mol. The van der Waals surface area contributed by atoms with Gasteiger partial charge in [0.1, 0.15) is 8.07 Å². The molecule has 145 valence electrons. The Bertz CT molecular complexity index is 965. The minimum absolute atomic E-state index is 0.810. The lowest BCUT2D eigenvalue weighted by molar-refractivity contribution is 0.407. The van der Waals surface area contributed by atoms with Crippen molar-refractivity contribution in [3.63, 3.8) is 0 Å². The van der Waals surface area contributed by atoms with Crippen LogP contribution in [0.2, 0.25) is 32.7 Å². The van der Waals surface area contributed by atoms with Crippen LogP contribution >= 0.6 is 0 Å². The molecule has 0 N–H and O–H groups in total. The molecule has 1 saturated carbocycles. The van der Waals surface area contributed by atoms with Crippen LogP contribution < -0.4 is 10.4 Å². The highest BCUT2D eigenvalue weighted by molar-refractivity contribution is 7.07. The van der Waals surface area contributed by atoms with E-state index in [1.807, 2.05) is 0 Å². The van der Waals surface area contributed by atoms with E-state index >= 15 is 0 Å². The van der Waals surface area contributed by atoms with Gasteiger partial charge in [-0.2, -0.15) is 0 Å². The van der Waals surface area contributed by atoms with Crippen LogP contribution in [0.25, 0.3) is 16.3 Å². The zero-order valence-corrected chi connectivity index (χ0v) is 20.2. The molecule has 0 nitrogen and oxygen atoms in total. The molecule has 0 unspecified atom stereocenters. The Morgan fingerprint density at radius 1 is 0.821 bits per heavy atom. The fourth-order valence-electron chi connectivity index (χ4n) is 5.89. The van der Waals surface area contributed by atoms with E-state index < -0.39 is 16.1 Å². The Kier molecular flexibility index (Phi) is 4.19. The molecule has 1 radical (unpaired) electrons. The van der Waals surface area contributed by atoms with E-state index in [1.54, 1.807) is 32.3 Å². The first-order chi connectivity index (χ1) is 13.3. The molecule has 0 spiro atoms. The monoisotopic (exact) mass is 401 g/mol. The summed E-state index contributed by atoms with van der Waals surface area (Å²) in [5, 5.41) is 5.02. The van der Waals surface area contributed by atoms with Gasteiger partial charge in [-0.3, -0.25) is 0 Å². The van der Waals surface area contributed by atoms with Crippen LogP contribution in [0.1, 0.15) is 43.2 Å². The molecule has 1 heterocycles. The molecule has 3 aliphatic rings. The molecule has 2 aromatic rings. The lowest BCUT2D eigenvalue weighted by Gasteiger charge is -2.28. The second kappa shape index (κ2) is 6.30. The average molecular weight is 402 g/mol. The van der Waals surface area contributed by atoms with Gasteiger partial charge in [0.2, 0.25) is 0 Å². The van der Waals surface area contributed by atoms with Gasteiger partial charge in [0, 0.05) is 6.42 Å². The Morgan fingerprint density at radius 2 is 1.50 bits per heavy atom. The second-order valence-corrected chi connectivity index (χ2v) is 20.1. The van der Waals surface area contributed by atoms with E-state index in [9.17, 15) is 0 Å². The van der Waals surface area contributed by atoms with E-state index in [1.165, 1.54) is 43.2 Å². The molecular weight excluding hydrogens is 368 g/mol. The van der Waals surface area contributed by atoms with Gasteiger partial charge in [0.05, 0.1) is 8.07 Å². The zero-order valence-electron chi connectivity index (χ0n) is 18.2. The average Bonchev–Trinajstić information content (AvgIpc) is 3.14. The SMILES string of the molecule is C[Si](C)(C)c1ccc(-c2c3ccc4c2C(=C(C2CCCCC2)[CH]4)[Si]3(C)C)cc1. The van der Waals surface area contributed by atoms with Gasteiger partial charge in [-0.25, -0.2) is 0 Å². The van der Waals surface area contributed by atoms with Crippen molar-refractivity contribution in [1.29, 1.82) is 0 Å². The molecule has 2 aliphatic carbocycles. The first-order valence-electron chi connectivity index (χ1n) is 11.2. The summed E-state index contributed by atoms with van der Waals surface area (Å²) in [6.45, 7) is 12.5.